The van der Waals surface area contributed by atoms with E-state index in [1.807, 2.05) is 12.1 Å². The minimum atomic E-state index is -3.22. The number of hydrogen-bond donors (Lipinski definition) is 1. The highest BCUT2D eigenvalue weighted by molar-refractivity contribution is 7.90. The van der Waals surface area contributed by atoms with Gasteiger partial charge in [-0.25, -0.2) is 8.42 Å². The second kappa shape index (κ2) is 7.44. The topological polar surface area (TPSA) is 58.6 Å². The van der Waals surface area contributed by atoms with E-state index in [0.717, 1.165) is 32.8 Å². The number of nitrogens with one attached hydrogen (secondary N) is 1. The molecule has 0 saturated carbocycles. The summed E-state index contributed by atoms with van der Waals surface area (Å²) in [7, 11) is -3.22. The Morgan fingerprint density at radius 3 is 2.45 bits per heavy atom. The molecule has 124 valence electrons. The van der Waals surface area contributed by atoms with Crippen LogP contribution in [0.15, 0.2) is 29.2 Å². The second-order valence-corrected chi connectivity index (χ2v) is 8.09. The summed E-state index contributed by atoms with van der Waals surface area (Å²) in [6.45, 7) is 8.52. The van der Waals surface area contributed by atoms with Gasteiger partial charge in [0.25, 0.3) is 0 Å². The summed E-state index contributed by atoms with van der Waals surface area (Å²) in [4.78, 5) is 2.78. The molecule has 1 saturated heterocycles. The summed E-state index contributed by atoms with van der Waals surface area (Å²) < 4.78 is 29.1. The van der Waals surface area contributed by atoms with Crippen molar-refractivity contribution in [2.75, 3.05) is 44.4 Å². The maximum atomic E-state index is 11.9. The molecule has 1 fully saturated rings. The quantitative estimate of drug-likeness (QED) is 0.865. The highest BCUT2D eigenvalue weighted by atomic mass is 32.2. The van der Waals surface area contributed by atoms with E-state index < -0.39 is 9.84 Å². The largest absolute Gasteiger partial charge is 0.382 e. The lowest BCUT2D eigenvalue weighted by Crippen LogP contribution is -2.49. The zero-order chi connectivity index (χ0) is 16.2. The molecule has 1 aromatic carbocycles. The molecule has 1 atom stereocenters. The summed E-state index contributed by atoms with van der Waals surface area (Å²) in [5.74, 6) is 0.482. The average molecular weight is 326 g/mol. The van der Waals surface area contributed by atoms with E-state index in [1.54, 1.807) is 12.1 Å². The van der Waals surface area contributed by atoms with Gasteiger partial charge in [0.1, 0.15) is 0 Å². The van der Waals surface area contributed by atoms with Crippen LogP contribution in [0.25, 0.3) is 0 Å². The number of nitrogens with zero attached hydrogens (tertiary/aromatic N) is 1. The average Bonchev–Trinajstić information content (AvgIpc) is 2.47. The lowest BCUT2D eigenvalue weighted by Gasteiger charge is -2.37. The molecule has 0 bridgehead atoms. The lowest BCUT2D eigenvalue weighted by molar-refractivity contribution is 0.00954. The van der Waals surface area contributed by atoms with E-state index >= 15 is 0 Å². The lowest BCUT2D eigenvalue weighted by atomic mass is 10.0. The Kier molecular flexibility index (Phi) is 5.83. The molecule has 1 aliphatic heterocycles. The van der Waals surface area contributed by atoms with Crippen LogP contribution in [0.2, 0.25) is 0 Å². The molecule has 0 unspecified atom stereocenters. The van der Waals surface area contributed by atoms with Crippen LogP contribution in [0, 0.1) is 5.92 Å². The minimum absolute atomic E-state index is 0.358. The number of para-hydroxylation sites is 1. The van der Waals surface area contributed by atoms with E-state index in [1.165, 1.54) is 6.26 Å². The minimum Gasteiger partial charge on any atom is -0.382 e. The van der Waals surface area contributed by atoms with E-state index in [4.69, 9.17) is 4.74 Å². The van der Waals surface area contributed by atoms with Crippen molar-refractivity contribution >= 4 is 15.5 Å². The van der Waals surface area contributed by atoms with Gasteiger partial charge in [-0.15, -0.1) is 0 Å². The summed E-state index contributed by atoms with van der Waals surface area (Å²) in [6, 6.07) is 7.44. The molecule has 6 heteroatoms. The molecule has 22 heavy (non-hydrogen) atoms. The van der Waals surface area contributed by atoms with Crippen LogP contribution in [0.4, 0.5) is 5.69 Å². The van der Waals surface area contributed by atoms with Crippen molar-refractivity contribution in [3.05, 3.63) is 24.3 Å². The maximum Gasteiger partial charge on any atom is 0.177 e. The standard InChI is InChI=1S/C16H26N2O3S/c1-13(2)15(18-8-10-21-11-9-18)12-17-14-6-4-5-7-16(14)22(3,19)20/h4-7,13,15,17H,8-12H2,1-3H3/t15-/m1/s1. The zero-order valence-electron chi connectivity index (χ0n) is 13.6. The van der Waals surface area contributed by atoms with Crippen molar-refractivity contribution < 1.29 is 13.2 Å². The molecule has 1 aliphatic rings. The van der Waals surface area contributed by atoms with Gasteiger partial charge in [0.05, 0.1) is 23.8 Å². The Morgan fingerprint density at radius 1 is 1.23 bits per heavy atom. The van der Waals surface area contributed by atoms with Gasteiger partial charge in [-0.3, -0.25) is 4.90 Å². The Balaban J connectivity index is 2.10. The third-order valence-corrected chi connectivity index (χ3v) is 5.23. The Hall–Kier alpha value is -1.11. The van der Waals surface area contributed by atoms with E-state index in [0.29, 0.717) is 22.5 Å². The number of rotatable bonds is 6. The van der Waals surface area contributed by atoms with Gasteiger partial charge in [0.2, 0.25) is 0 Å². The first-order valence-corrected chi connectivity index (χ1v) is 9.63. The molecular formula is C16H26N2O3S. The fourth-order valence-electron chi connectivity index (χ4n) is 2.85. The van der Waals surface area contributed by atoms with Gasteiger partial charge in [0.15, 0.2) is 9.84 Å². The van der Waals surface area contributed by atoms with Crippen LogP contribution in [0.1, 0.15) is 13.8 Å². The van der Waals surface area contributed by atoms with Gasteiger partial charge in [-0.2, -0.15) is 0 Å². The van der Waals surface area contributed by atoms with Crippen molar-refractivity contribution in [1.29, 1.82) is 0 Å². The molecule has 1 aromatic rings. The number of benzene rings is 1. The van der Waals surface area contributed by atoms with E-state index in [2.05, 4.69) is 24.1 Å². The number of morpholine rings is 1. The van der Waals surface area contributed by atoms with Gasteiger partial charge < -0.3 is 10.1 Å². The predicted octanol–water partition coefficient (Wildman–Crippen LogP) is 1.86. The number of sulfone groups is 1. The molecule has 5 nitrogen and oxygen atoms in total. The van der Waals surface area contributed by atoms with Gasteiger partial charge in [-0.1, -0.05) is 26.0 Å². The molecular weight excluding hydrogens is 300 g/mol. The third-order valence-electron chi connectivity index (χ3n) is 4.07. The molecule has 1 N–H and O–H groups in total. The van der Waals surface area contributed by atoms with Crippen LogP contribution in [-0.4, -0.2) is 58.5 Å². The molecule has 0 aliphatic carbocycles. The molecule has 2 rings (SSSR count). The fourth-order valence-corrected chi connectivity index (χ4v) is 3.71. The van der Waals surface area contributed by atoms with Crippen molar-refractivity contribution in [3.8, 4) is 0 Å². The predicted molar refractivity (Wildman–Crippen MR) is 89.1 cm³/mol. The first-order chi connectivity index (χ1) is 10.4. The smallest absolute Gasteiger partial charge is 0.177 e. The summed E-state index contributed by atoms with van der Waals surface area (Å²) in [6.07, 6.45) is 1.25. The SMILES string of the molecule is CC(C)[C@@H](CNc1ccccc1S(C)(=O)=O)N1CCOCC1. The van der Waals surface area contributed by atoms with Crippen LogP contribution < -0.4 is 5.32 Å². The molecule has 1 heterocycles. The van der Waals surface area contributed by atoms with Crippen LogP contribution in [0.5, 0.6) is 0 Å². The Morgan fingerprint density at radius 2 is 1.86 bits per heavy atom. The zero-order valence-corrected chi connectivity index (χ0v) is 14.4. The van der Waals surface area contributed by atoms with E-state index in [9.17, 15) is 8.42 Å². The molecule has 0 amide bonds. The van der Waals surface area contributed by atoms with E-state index in [-0.39, 0.29) is 0 Å². The highest BCUT2D eigenvalue weighted by Gasteiger charge is 2.24. The number of anilines is 1. The van der Waals surface area contributed by atoms with Crippen LogP contribution in [-0.2, 0) is 14.6 Å². The number of ether oxygens (including phenoxy) is 1. The molecule has 0 aromatic heterocycles. The van der Waals surface area contributed by atoms with Gasteiger partial charge >= 0.3 is 0 Å². The Labute approximate surface area is 133 Å². The second-order valence-electron chi connectivity index (χ2n) is 6.11. The third kappa shape index (κ3) is 4.44. The number of hydrogen-bond acceptors (Lipinski definition) is 5. The van der Waals surface area contributed by atoms with Crippen LogP contribution >= 0.6 is 0 Å². The summed E-state index contributed by atoms with van der Waals surface area (Å²) >= 11 is 0. The summed E-state index contributed by atoms with van der Waals surface area (Å²) in [5, 5.41) is 3.34. The van der Waals surface area contributed by atoms with Crippen molar-refractivity contribution in [1.82, 2.24) is 4.90 Å². The van der Waals surface area contributed by atoms with Crippen molar-refractivity contribution in [2.24, 2.45) is 5.92 Å². The van der Waals surface area contributed by atoms with Gasteiger partial charge in [-0.05, 0) is 18.1 Å². The normalized spacial score (nSPS) is 18.4. The monoisotopic (exact) mass is 326 g/mol. The fraction of sp³-hybridized carbons (Fsp3) is 0.625. The first kappa shape index (κ1) is 17.2. The summed E-state index contributed by atoms with van der Waals surface area (Å²) in [5.41, 5.74) is 0.684. The van der Waals surface area contributed by atoms with Crippen LogP contribution in [0.3, 0.4) is 0 Å². The highest BCUT2D eigenvalue weighted by Crippen LogP contribution is 2.22. The Bertz CT molecular complexity index is 581. The van der Waals surface area contributed by atoms with Gasteiger partial charge in [0, 0.05) is 31.9 Å². The first-order valence-electron chi connectivity index (χ1n) is 7.74. The molecule has 0 radical (unpaired) electrons. The molecule has 0 spiro atoms. The van der Waals surface area contributed by atoms with Crippen molar-refractivity contribution in [3.63, 3.8) is 0 Å². The maximum absolute atomic E-state index is 11.9. The van der Waals surface area contributed by atoms with Crippen molar-refractivity contribution in [2.45, 2.75) is 24.8 Å².